The number of hydrogen-bond acceptors (Lipinski definition) is 2. The zero-order valence-electron chi connectivity index (χ0n) is 9.04. The van der Waals surface area contributed by atoms with Crippen molar-refractivity contribution in [3.05, 3.63) is 28.7 Å². The van der Waals surface area contributed by atoms with Gasteiger partial charge in [0.1, 0.15) is 0 Å². The molecule has 1 aromatic rings. The van der Waals surface area contributed by atoms with Crippen molar-refractivity contribution < 1.29 is 0 Å². The molecular formula is C12H17BrN2. The Morgan fingerprint density at radius 1 is 1.53 bits per heavy atom. The van der Waals surface area contributed by atoms with Crippen molar-refractivity contribution in [2.75, 3.05) is 31.6 Å². The van der Waals surface area contributed by atoms with Crippen LogP contribution in [0.3, 0.4) is 0 Å². The minimum absolute atomic E-state index is 0.800. The van der Waals surface area contributed by atoms with Crippen molar-refractivity contribution in [2.24, 2.45) is 5.92 Å². The summed E-state index contributed by atoms with van der Waals surface area (Å²) in [6.07, 6.45) is 1.30. The van der Waals surface area contributed by atoms with Gasteiger partial charge in [-0.3, -0.25) is 0 Å². The first kappa shape index (κ1) is 11.0. The molecule has 0 saturated carbocycles. The van der Waals surface area contributed by atoms with Crippen LogP contribution in [0.2, 0.25) is 0 Å². The van der Waals surface area contributed by atoms with E-state index >= 15 is 0 Å². The Kier molecular flexibility index (Phi) is 3.65. The second kappa shape index (κ2) is 4.99. The van der Waals surface area contributed by atoms with Gasteiger partial charge in [0.15, 0.2) is 0 Å². The minimum Gasteiger partial charge on any atom is -0.374 e. The molecule has 1 saturated heterocycles. The molecule has 2 rings (SSSR count). The molecule has 0 amide bonds. The van der Waals surface area contributed by atoms with E-state index in [1.54, 1.807) is 0 Å². The fourth-order valence-electron chi connectivity index (χ4n) is 2.08. The van der Waals surface area contributed by atoms with Gasteiger partial charge in [0, 0.05) is 23.8 Å². The van der Waals surface area contributed by atoms with Crippen LogP contribution < -0.4 is 10.2 Å². The Balaban J connectivity index is 1.97. The molecule has 1 fully saturated rings. The summed E-state index contributed by atoms with van der Waals surface area (Å²) >= 11 is 3.50. The molecule has 2 nitrogen and oxygen atoms in total. The first-order valence-corrected chi connectivity index (χ1v) is 6.22. The molecule has 1 atom stereocenters. The zero-order valence-corrected chi connectivity index (χ0v) is 10.6. The largest absolute Gasteiger partial charge is 0.374 e. The maximum absolute atomic E-state index is 3.50. The summed E-state index contributed by atoms with van der Waals surface area (Å²) in [5, 5.41) is 3.40. The quantitative estimate of drug-likeness (QED) is 0.907. The van der Waals surface area contributed by atoms with E-state index in [0.29, 0.717) is 0 Å². The topological polar surface area (TPSA) is 15.3 Å². The van der Waals surface area contributed by atoms with Crippen molar-refractivity contribution in [2.45, 2.75) is 6.42 Å². The molecule has 0 radical (unpaired) electrons. The minimum atomic E-state index is 0.800. The summed E-state index contributed by atoms with van der Waals surface area (Å²) in [4.78, 5) is 2.34. The van der Waals surface area contributed by atoms with E-state index in [9.17, 15) is 0 Å². The summed E-state index contributed by atoms with van der Waals surface area (Å²) in [6, 6.07) is 8.48. The van der Waals surface area contributed by atoms with Crippen molar-refractivity contribution in [3.63, 3.8) is 0 Å². The van der Waals surface area contributed by atoms with Crippen LogP contribution in [0, 0.1) is 5.92 Å². The number of hydrogen-bond donors (Lipinski definition) is 1. The predicted molar refractivity (Wildman–Crippen MR) is 68.4 cm³/mol. The number of rotatable bonds is 3. The average Bonchev–Trinajstić information content (AvgIpc) is 2.70. The molecule has 1 aliphatic heterocycles. The Morgan fingerprint density at radius 3 is 3.07 bits per heavy atom. The number of anilines is 1. The number of benzene rings is 1. The molecule has 1 unspecified atom stereocenters. The van der Waals surface area contributed by atoms with Crippen molar-refractivity contribution in [1.29, 1.82) is 0 Å². The first-order valence-electron chi connectivity index (χ1n) is 5.43. The van der Waals surface area contributed by atoms with Crippen molar-refractivity contribution >= 4 is 21.6 Å². The maximum Gasteiger partial charge on any atom is 0.0375 e. The van der Waals surface area contributed by atoms with Crippen LogP contribution in [0.4, 0.5) is 5.69 Å². The Bertz CT molecular complexity index is 321. The van der Waals surface area contributed by atoms with Gasteiger partial charge >= 0.3 is 0 Å². The molecule has 1 heterocycles. The second-order valence-electron chi connectivity index (χ2n) is 4.22. The standard InChI is InChI=1S/C12H17BrN2/c1-15(9-10-5-6-14-8-10)12-4-2-3-11(13)7-12/h2-4,7,10,14H,5-6,8-9H2,1H3. The van der Waals surface area contributed by atoms with E-state index in [0.717, 1.165) is 16.9 Å². The summed E-state index contributed by atoms with van der Waals surface area (Å²) in [6.45, 7) is 3.48. The van der Waals surface area contributed by atoms with Gasteiger partial charge in [0.2, 0.25) is 0 Å². The van der Waals surface area contributed by atoms with Gasteiger partial charge in [-0.25, -0.2) is 0 Å². The predicted octanol–water partition coefficient (Wildman–Crippen LogP) is 2.49. The van der Waals surface area contributed by atoms with Gasteiger partial charge in [-0.05, 0) is 43.6 Å². The van der Waals surface area contributed by atoms with E-state index in [1.165, 1.54) is 25.2 Å². The third-order valence-electron chi connectivity index (χ3n) is 2.94. The zero-order chi connectivity index (χ0) is 10.7. The lowest BCUT2D eigenvalue weighted by atomic mass is 10.1. The number of nitrogens with one attached hydrogen (secondary N) is 1. The molecule has 0 spiro atoms. The SMILES string of the molecule is CN(CC1CCNC1)c1cccc(Br)c1. The van der Waals surface area contributed by atoms with Gasteiger partial charge in [-0.2, -0.15) is 0 Å². The summed E-state index contributed by atoms with van der Waals surface area (Å²) in [7, 11) is 2.17. The summed E-state index contributed by atoms with van der Waals surface area (Å²) in [5.41, 5.74) is 1.29. The number of halogens is 1. The molecule has 0 aliphatic carbocycles. The van der Waals surface area contributed by atoms with Gasteiger partial charge in [-0.15, -0.1) is 0 Å². The highest BCUT2D eigenvalue weighted by molar-refractivity contribution is 9.10. The molecule has 3 heteroatoms. The van der Waals surface area contributed by atoms with Crippen molar-refractivity contribution in [3.8, 4) is 0 Å². The van der Waals surface area contributed by atoms with E-state index in [2.05, 4.69) is 57.5 Å². The summed E-state index contributed by atoms with van der Waals surface area (Å²) < 4.78 is 1.15. The van der Waals surface area contributed by atoms with E-state index in [1.807, 2.05) is 0 Å². The normalized spacial score (nSPS) is 20.5. The van der Waals surface area contributed by atoms with Gasteiger partial charge in [0.05, 0.1) is 0 Å². The average molecular weight is 269 g/mol. The van der Waals surface area contributed by atoms with Gasteiger partial charge < -0.3 is 10.2 Å². The highest BCUT2D eigenvalue weighted by Gasteiger charge is 2.16. The third-order valence-corrected chi connectivity index (χ3v) is 3.44. The lowest BCUT2D eigenvalue weighted by Crippen LogP contribution is -2.26. The van der Waals surface area contributed by atoms with Crippen LogP contribution >= 0.6 is 15.9 Å². The van der Waals surface area contributed by atoms with Crippen LogP contribution in [-0.2, 0) is 0 Å². The van der Waals surface area contributed by atoms with E-state index < -0.39 is 0 Å². The molecule has 15 heavy (non-hydrogen) atoms. The smallest absolute Gasteiger partial charge is 0.0375 e. The fourth-order valence-corrected chi connectivity index (χ4v) is 2.46. The molecule has 82 valence electrons. The molecule has 1 aliphatic rings. The lowest BCUT2D eigenvalue weighted by Gasteiger charge is -2.22. The van der Waals surface area contributed by atoms with Crippen LogP contribution in [0.5, 0.6) is 0 Å². The molecule has 0 aromatic heterocycles. The Hall–Kier alpha value is -0.540. The van der Waals surface area contributed by atoms with Crippen LogP contribution in [0.25, 0.3) is 0 Å². The molecule has 1 N–H and O–H groups in total. The van der Waals surface area contributed by atoms with Gasteiger partial charge in [0.25, 0.3) is 0 Å². The maximum atomic E-state index is 3.50. The lowest BCUT2D eigenvalue weighted by molar-refractivity contribution is 0.578. The van der Waals surface area contributed by atoms with E-state index in [-0.39, 0.29) is 0 Å². The first-order chi connectivity index (χ1) is 7.25. The Morgan fingerprint density at radius 2 is 2.40 bits per heavy atom. The Labute approximate surface area is 99.8 Å². The highest BCUT2D eigenvalue weighted by atomic mass is 79.9. The number of nitrogens with zero attached hydrogens (tertiary/aromatic N) is 1. The third kappa shape index (κ3) is 2.95. The van der Waals surface area contributed by atoms with Crippen molar-refractivity contribution in [1.82, 2.24) is 5.32 Å². The monoisotopic (exact) mass is 268 g/mol. The van der Waals surface area contributed by atoms with Crippen LogP contribution in [-0.4, -0.2) is 26.7 Å². The van der Waals surface area contributed by atoms with Crippen LogP contribution in [0.1, 0.15) is 6.42 Å². The highest BCUT2D eigenvalue weighted by Crippen LogP contribution is 2.20. The molecule has 0 bridgehead atoms. The molecular weight excluding hydrogens is 252 g/mol. The van der Waals surface area contributed by atoms with E-state index in [4.69, 9.17) is 0 Å². The second-order valence-corrected chi connectivity index (χ2v) is 5.13. The molecule has 1 aromatic carbocycles. The summed E-state index contributed by atoms with van der Waals surface area (Å²) in [5.74, 6) is 0.800. The van der Waals surface area contributed by atoms with Gasteiger partial charge in [-0.1, -0.05) is 22.0 Å². The fraction of sp³-hybridized carbons (Fsp3) is 0.500. The van der Waals surface area contributed by atoms with Crippen LogP contribution in [0.15, 0.2) is 28.7 Å².